The van der Waals surface area contributed by atoms with Gasteiger partial charge < -0.3 is 20.3 Å². The monoisotopic (exact) mass is 654 g/mol. The molecule has 5 rings (SSSR count). The van der Waals surface area contributed by atoms with E-state index < -0.39 is 18.0 Å². The van der Waals surface area contributed by atoms with Gasteiger partial charge in [0.25, 0.3) is 5.91 Å². The van der Waals surface area contributed by atoms with Crippen molar-refractivity contribution >= 4 is 29.6 Å². The number of nitrogens with one attached hydrogen (secondary N) is 1. The summed E-state index contributed by atoms with van der Waals surface area (Å²) < 4.78 is 5.88. The summed E-state index contributed by atoms with van der Waals surface area (Å²) >= 11 is 0. The van der Waals surface area contributed by atoms with Crippen LogP contribution in [0.3, 0.4) is 0 Å². The minimum atomic E-state index is -1.08. The van der Waals surface area contributed by atoms with Crippen molar-refractivity contribution in [3.8, 4) is 16.9 Å². The number of benzene rings is 5. The number of ether oxygens (including phenoxy) is 1. The van der Waals surface area contributed by atoms with Gasteiger partial charge in [-0.1, -0.05) is 109 Å². The quantitative estimate of drug-likeness (QED) is 0.0987. The standard InChI is InChI=1S/C41H38N2O6/c44-39(45)26-25-38(41(47)48)43(28-31-15-23-37(24-16-31)49-29-32-8-3-1-4-9-32)27-7-10-30-13-21-36(22-14-30)42-40(46)35-19-17-34(18-20-35)33-11-5-2-6-12-33/h1-24,38H,25-29H2,(H,42,46)(H,44,45)(H,47,48)/b10-7+/t38-/m0/s1. The summed E-state index contributed by atoms with van der Waals surface area (Å²) in [6.07, 6.45) is 3.45. The van der Waals surface area contributed by atoms with Crippen LogP contribution in [-0.2, 0) is 22.7 Å². The first kappa shape index (κ1) is 34.3. The molecule has 0 aromatic heterocycles. The Morgan fingerprint density at radius 3 is 1.98 bits per heavy atom. The summed E-state index contributed by atoms with van der Waals surface area (Å²) in [5.74, 6) is -1.64. The van der Waals surface area contributed by atoms with Gasteiger partial charge in [-0.15, -0.1) is 0 Å². The average molecular weight is 655 g/mol. The minimum absolute atomic E-state index is 0.0276. The van der Waals surface area contributed by atoms with Crippen molar-refractivity contribution in [3.63, 3.8) is 0 Å². The van der Waals surface area contributed by atoms with Crippen LogP contribution in [0.2, 0.25) is 0 Å². The summed E-state index contributed by atoms with van der Waals surface area (Å²) in [7, 11) is 0. The molecule has 5 aromatic carbocycles. The van der Waals surface area contributed by atoms with E-state index >= 15 is 0 Å². The maximum atomic E-state index is 12.8. The highest BCUT2D eigenvalue weighted by atomic mass is 16.5. The van der Waals surface area contributed by atoms with Crippen LogP contribution in [0.5, 0.6) is 5.75 Å². The lowest BCUT2D eigenvalue weighted by Gasteiger charge is -2.27. The predicted molar refractivity (Wildman–Crippen MR) is 191 cm³/mol. The lowest BCUT2D eigenvalue weighted by molar-refractivity contribution is -0.144. The molecular weight excluding hydrogens is 616 g/mol. The second kappa shape index (κ2) is 17.2. The summed E-state index contributed by atoms with van der Waals surface area (Å²) in [5, 5.41) is 22.2. The number of anilines is 1. The van der Waals surface area contributed by atoms with Crippen molar-refractivity contribution in [2.75, 3.05) is 11.9 Å². The van der Waals surface area contributed by atoms with E-state index in [1.165, 1.54) is 0 Å². The van der Waals surface area contributed by atoms with Crippen LogP contribution in [0.1, 0.15) is 39.9 Å². The predicted octanol–water partition coefficient (Wildman–Crippen LogP) is 8.02. The second-order valence-corrected chi connectivity index (χ2v) is 11.6. The number of carboxylic acids is 2. The van der Waals surface area contributed by atoms with Gasteiger partial charge in [0.1, 0.15) is 18.4 Å². The molecule has 0 saturated carbocycles. The maximum absolute atomic E-state index is 12.8. The fourth-order valence-electron chi connectivity index (χ4n) is 5.34. The number of carboxylic acid groups (broad SMARTS) is 2. The molecule has 0 heterocycles. The van der Waals surface area contributed by atoms with Gasteiger partial charge in [0, 0.05) is 30.8 Å². The Morgan fingerprint density at radius 2 is 1.35 bits per heavy atom. The van der Waals surface area contributed by atoms with Crippen molar-refractivity contribution in [3.05, 3.63) is 162 Å². The molecule has 0 fully saturated rings. The number of rotatable bonds is 16. The Hall–Kier alpha value is -5.99. The highest BCUT2D eigenvalue weighted by molar-refractivity contribution is 6.04. The zero-order valence-corrected chi connectivity index (χ0v) is 26.9. The molecule has 0 unspecified atom stereocenters. The molecule has 49 heavy (non-hydrogen) atoms. The molecule has 0 radical (unpaired) electrons. The molecule has 0 bridgehead atoms. The number of nitrogens with zero attached hydrogens (tertiary/aromatic N) is 1. The molecule has 0 aliphatic carbocycles. The van der Waals surface area contributed by atoms with Crippen LogP contribution >= 0.6 is 0 Å². The Labute approximate surface area is 285 Å². The Kier molecular flexibility index (Phi) is 12.1. The number of carbonyl (C=O) groups is 3. The van der Waals surface area contributed by atoms with E-state index in [2.05, 4.69) is 5.32 Å². The summed E-state index contributed by atoms with van der Waals surface area (Å²) in [5.41, 5.74) is 6.10. The SMILES string of the molecule is O=C(O)CC[C@@H](C(=O)O)N(C/C=C/c1ccc(NC(=O)c2ccc(-c3ccccc3)cc2)cc1)Cc1ccc(OCc2ccccc2)cc1. The van der Waals surface area contributed by atoms with Gasteiger partial charge in [0.05, 0.1) is 0 Å². The number of hydrogen-bond donors (Lipinski definition) is 3. The zero-order chi connectivity index (χ0) is 34.4. The van der Waals surface area contributed by atoms with Gasteiger partial charge >= 0.3 is 11.9 Å². The summed E-state index contributed by atoms with van der Waals surface area (Å²) in [4.78, 5) is 38.1. The first-order chi connectivity index (χ1) is 23.8. The van der Waals surface area contributed by atoms with Crippen molar-refractivity contribution in [2.45, 2.75) is 32.0 Å². The lowest BCUT2D eigenvalue weighted by Crippen LogP contribution is -2.41. The summed E-state index contributed by atoms with van der Waals surface area (Å²) in [6.45, 7) is 1.02. The molecule has 0 spiro atoms. The van der Waals surface area contributed by atoms with Crippen LogP contribution in [0, 0.1) is 0 Å². The molecule has 8 heteroatoms. The molecule has 0 aliphatic heterocycles. The second-order valence-electron chi connectivity index (χ2n) is 11.6. The lowest BCUT2D eigenvalue weighted by atomic mass is 10.0. The first-order valence-electron chi connectivity index (χ1n) is 16.0. The number of amides is 1. The molecule has 3 N–H and O–H groups in total. The number of hydrogen-bond acceptors (Lipinski definition) is 5. The van der Waals surface area contributed by atoms with Crippen LogP contribution in [-0.4, -0.2) is 45.5 Å². The summed E-state index contributed by atoms with van der Waals surface area (Å²) in [6, 6.07) is 41.1. The van der Waals surface area contributed by atoms with E-state index in [1.807, 2.05) is 133 Å². The smallest absolute Gasteiger partial charge is 0.320 e. The zero-order valence-electron chi connectivity index (χ0n) is 26.9. The van der Waals surface area contributed by atoms with Gasteiger partial charge in [-0.05, 0) is 70.6 Å². The molecule has 5 aromatic rings. The van der Waals surface area contributed by atoms with Gasteiger partial charge in [-0.3, -0.25) is 19.3 Å². The molecule has 248 valence electrons. The van der Waals surface area contributed by atoms with Gasteiger partial charge in [0.15, 0.2) is 0 Å². The van der Waals surface area contributed by atoms with E-state index in [-0.39, 0.29) is 25.3 Å². The van der Waals surface area contributed by atoms with Crippen LogP contribution in [0.4, 0.5) is 5.69 Å². The Morgan fingerprint density at radius 1 is 0.714 bits per heavy atom. The van der Waals surface area contributed by atoms with E-state index in [4.69, 9.17) is 4.74 Å². The Bertz CT molecular complexity index is 1840. The normalized spacial score (nSPS) is 11.7. The molecule has 0 aliphatic rings. The van der Waals surface area contributed by atoms with Gasteiger partial charge in [-0.25, -0.2) is 0 Å². The maximum Gasteiger partial charge on any atom is 0.320 e. The van der Waals surface area contributed by atoms with Crippen LogP contribution in [0.25, 0.3) is 17.2 Å². The minimum Gasteiger partial charge on any atom is -0.489 e. The third-order valence-corrected chi connectivity index (χ3v) is 7.99. The van der Waals surface area contributed by atoms with Crippen molar-refractivity contribution in [1.29, 1.82) is 0 Å². The molecular formula is C41H38N2O6. The highest BCUT2D eigenvalue weighted by Gasteiger charge is 2.26. The molecule has 1 atom stereocenters. The van der Waals surface area contributed by atoms with Crippen molar-refractivity contribution < 1.29 is 29.3 Å². The third-order valence-electron chi connectivity index (χ3n) is 7.99. The fraction of sp³-hybridized carbons (Fsp3) is 0.146. The van der Waals surface area contributed by atoms with E-state index in [1.54, 1.807) is 17.0 Å². The van der Waals surface area contributed by atoms with E-state index in [9.17, 15) is 24.6 Å². The van der Waals surface area contributed by atoms with Crippen LogP contribution in [0.15, 0.2) is 140 Å². The molecule has 8 nitrogen and oxygen atoms in total. The largest absolute Gasteiger partial charge is 0.489 e. The third kappa shape index (κ3) is 10.5. The van der Waals surface area contributed by atoms with Crippen molar-refractivity contribution in [2.24, 2.45) is 0 Å². The Balaban J connectivity index is 1.20. The molecule has 1 amide bonds. The van der Waals surface area contributed by atoms with E-state index in [0.717, 1.165) is 27.8 Å². The van der Waals surface area contributed by atoms with Gasteiger partial charge in [-0.2, -0.15) is 0 Å². The average Bonchev–Trinajstić information content (AvgIpc) is 3.12. The number of carbonyl (C=O) groups excluding carboxylic acids is 1. The van der Waals surface area contributed by atoms with Crippen molar-refractivity contribution in [1.82, 2.24) is 4.90 Å². The first-order valence-corrected chi connectivity index (χ1v) is 16.0. The highest BCUT2D eigenvalue weighted by Crippen LogP contribution is 2.21. The molecule has 0 saturated heterocycles. The van der Waals surface area contributed by atoms with Gasteiger partial charge in [0.2, 0.25) is 0 Å². The van der Waals surface area contributed by atoms with Crippen LogP contribution < -0.4 is 10.1 Å². The topological polar surface area (TPSA) is 116 Å². The number of aliphatic carboxylic acids is 2. The van der Waals surface area contributed by atoms with E-state index in [0.29, 0.717) is 30.2 Å². The fourth-order valence-corrected chi connectivity index (χ4v) is 5.34.